The van der Waals surface area contributed by atoms with Crippen molar-refractivity contribution >= 4 is 17.8 Å². The highest BCUT2D eigenvalue weighted by atomic mass is 16.5. The summed E-state index contributed by atoms with van der Waals surface area (Å²) in [5.74, 6) is -0.0493. The molecule has 4 N–H and O–H groups in total. The van der Waals surface area contributed by atoms with Crippen LogP contribution >= 0.6 is 0 Å². The monoisotopic (exact) mass is 628 g/mol. The number of aryl methyl sites for hydroxylation is 2. The quantitative estimate of drug-likeness (QED) is 0.200. The van der Waals surface area contributed by atoms with Crippen molar-refractivity contribution in [3.8, 4) is 5.75 Å². The van der Waals surface area contributed by atoms with Crippen molar-refractivity contribution in [3.63, 3.8) is 0 Å². The molecular formula is C37H48N4O5. The van der Waals surface area contributed by atoms with Crippen LogP contribution in [0.25, 0.3) is 0 Å². The van der Waals surface area contributed by atoms with Crippen LogP contribution in [-0.2, 0) is 22.4 Å². The highest BCUT2D eigenvalue weighted by molar-refractivity contribution is 5.87. The maximum absolute atomic E-state index is 13.8. The summed E-state index contributed by atoms with van der Waals surface area (Å²) in [6, 6.07) is 23.3. The first-order valence-electron chi connectivity index (χ1n) is 16.2. The molecule has 9 nitrogen and oxygen atoms in total. The molecular weight excluding hydrogens is 580 g/mol. The van der Waals surface area contributed by atoms with Crippen molar-refractivity contribution in [3.05, 3.63) is 101 Å². The molecule has 1 fully saturated rings. The number of amides is 4. The Labute approximate surface area is 272 Å². The van der Waals surface area contributed by atoms with Gasteiger partial charge in [0.1, 0.15) is 11.8 Å². The Morgan fingerprint density at radius 2 is 1.50 bits per heavy atom. The van der Waals surface area contributed by atoms with E-state index in [0.717, 1.165) is 28.7 Å². The number of ether oxygens (including phenoxy) is 1. The lowest BCUT2D eigenvalue weighted by molar-refractivity contribution is -0.128. The Morgan fingerprint density at radius 1 is 0.891 bits per heavy atom. The number of hydrogen-bond acceptors (Lipinski definition) is 5. The maximum atomic E-state index is 13.8. The van der Waals surface area contributed by atoms with Gasteiger partial charge in [-0.15, -0.1) is 0 Å². The molecule has 0 saturated carbocycles. The first-order chi connectivity index (χ1) is 22.1. The van der Waals surface area contributed by atoms with Gasteiger partial charge in [0, 0.05) is 19.1 Å². The number of aliphatic hydroxyl groups excluding tert-OH is 1. The number of hydrogen-bond donors (Lipinski definition) is 4. The fourth-order valence-corrected chi connectivity index (χ4v) is 6.12. The van der Waals surface area contributed by atoms with Crippen molar-refractivity contribution in [2.75, 3.05) is 19.7 Å². The molecule has 3 aromatic carbocycles. The van der Waals surface area contributed by atoms with Crippen molar-refractivity contribution in [1.82, 2.24) is 20.9 Å². The van der Waals surface area contributed by atoms with E-state index < -0.39 is 24.2 Å². The number of benzene rings is 3. The van der Waals surface area contributed by atoms with Gasteiger partial charge in [-0.25, -0.2) is 4.79 Å². The minimum Gasteiger partial charge on any atom is -0.483 e. The first-order valence-corrected chi connectivity index (χ1v) is 16.2. The number of carbonyl (C=O) groups is 3. The second-order valence-electron chi connectivity index (χ2n) is 12.5. The summed E-state index contributed by atoms with van der Waals surface area (Å²) in [4.78, 5) is 41.3. The third-order valence-corrected chi connectivity index (χ3v) is 8.41. The Bertz CT molecular complexity index is 1410. The number of nitrogens with one attached hydrogen (secondary N) is 3. The lowest BCUT2D eigenvalue weighted by atomic mass is 9.92. The number of carbonyl (C=O) groups excluding carboxylic acids is 3. The van der Waals surface area contributed by atoms with E-state index in [2.05, 4.69) is 16.0 Å². The molecule has 4 amide bonds. The topological polar surface area (TPSA) is 120 Å². The molecule has 1 aliphatic rings. The Hall–Kier alpha value is -4.37. The Kier molecular flexibility index (Phi) is 12.6. The van der Waals surface area contributed by atoms with Crippen LogP contribution in [0.3, 0.4) is 0 Å². The van der Waals surface area contributed by atoms with Crippen LogP contribution in [0.5, 0.6) is 5.75 Å². The molecule has 1 heterocycles. The maximum Gasteiger partial charge on any atom is 0.318 e. The minimum atomic E-state index is -0.992. The minimum absolute atomic E-state index is 0.117. The normalized spacial score (nSPS) is 15.8. The van der Waals surface area contributed by atoms with Gasteiger partial charge in [0.2, 0.25) is 5.91 Å². The smallest absolute Gasteiger partial charge is 0.318 e. The number of aliphatic hydroxyl groups is 1. The first kappa shape index (κ1) is 34.5. The molecule has 4 rings (SSSR count). The third kappa shape index (κ3) is 9.81. The molecule has 1 aliphatic heterocycles. The van der Waals surface area contributed by atoms with Crippen LogP contribution in [0.15, 0.2) is 78.9 Å². The van der Waals surface area contributed by atoms with E-state index in [1.165, 1.54) is 0 Å². The van der Waals surface area contributed by atoms with Gasteiger partial charge in [0.05, 0.1) is 12.1 Å². The standard InChI is InChI=1S/C37H48N4O5/c1-25(2)34(41-20-12-19-38-37(41)45)36(44)39-30(21-28-15-7-5-8-16-28)23-32(42)31(22-29-17-9-6-10-18-29)40-33(43)24-46-35-26(3)13-11-14-27(35)4/h5-11,13-18,25,30-32,34,42H,12,19-24H2,1-4H3,(H,38,45)(H,39,44)(H,40,43)/t30-,31?,32?,34?/m0/s1. The number of urea groups is 1. The molecule has 0 spiro atoms. The predicted molar refractivity (Wildman–Crippen MR) is 180 cm³/mol. The average molecular weight is 629 g/mol. The molecule has 4 atom stereocenters. The van der Waals surface area contributed by atoms with Crippen molar-refractivity contribution in [2.24, 2.45) is 5.92 Å². The van der Waals surface area contributed by atoms with Crippen LogP contribution < -0.4 is 20.7 Å². The molecule has 46 heavy (non-hydrogen) atoms. The SMILES string of the molecule is Cc1cccc(C)c1OCC(=O)NC(Cc1ccccc1)C(O)C[C@H](Cc1ccccc1)NC(=O)C(C(C)C)N1CCCNC1=O. The van der Waals surface area contributed by atoms with Gasteiger partial charge < -0.3 is 30.7 Å². The summed E-state index contributed by atoms with van der Waals surface area (Å²) in [6.45, 7) is 8.63. The van der Waals surface area contributed by atoms with Crippen LogP contribution in [0, 0.1) is 19.8 Å². The zero-order valence-electron chi connectivity index (χ0n) is 27.4. The van der Waals surface area contributed by atoms with Gasteiger partial charge >= 0.3 is 6.03 Å². The molecule has 0 bridgehead atoms. The zero-order valence-corrected chi connectivity index (χ0v) is 27.4. The molecule has 246 valence electrons. The molecule has 1 saturated heterocycles. The average Bonchev–Trinajstić information content (AvgIpc) is 3.02. The van der Waals surface area contributed by atoms with E-state index in [1.54, 1.807) is 4.90 Å². The third-order valence-electron chi connectivity index (χ3n) is 8.41. The second kappa shape index (κ2) is 16.8. The summed E-state index contributed by atoms with van der Waals surface area (Å²) in [5.41, 5.74) is 3.84. The van der Waals surface area contributed by atoms with Crippen LogP contribution in [0.4, 0.5) is 4.79 Å². The van der Waals surface area contributed by atoms with Crippen molar-refractivity contribution < 1.29 is 24.2 Å². The molecule has 0 aliphatic carbocycles. The second-order valence-corrected chi connectivity index (χ2v) is 12.5. The zero-order chi connectivity index (χ0) is 33.1. The largest absolute Gasteiger partial charge is 0.483 e. The summed E-state index contributed by atoms with van der Waals surface area (Å²) in [7, 11) is 0. The van der Waals surface area contributed by atoms with E-state index in [1.807, 2.05) is 107 Å². The highest BCUT2D eigenvalue weighted by Gasteiger charge is 2.35. The van der Waals surface area contributed by atoms with E-state index in [9.17, 15) is 19.5 Å². The van der Waals surface area contributed by atoms with Crippen molar-refractivity contribution in [2.45, 2.75) is 77.6 Å². The number of nitrogens with zero attached hydrogens (tertiary/aromatic N) is 1. The lowest BCUT2D eigenvalue weighted by Gasteiger charge is -2.37. The van der Waals surface area contributed by atoms with E-state index in [-0.39, 0.29) is 36.8 Å². The Balaban J connectivity index is 1.52. The fourth-order valence-electron chi connectivity index (χ4n) is 6.12. The van der Waals surface area contributed by atoms with Gasteiger partial charge in [-0.3, -0.25) is 9.59 Å². The lowest BCUT2D eigenvalue weighted by Crippen LogP contribution is -2.59. The van der Waals surface area contributed by atoms with Gasteiger partial charge in [0.15, 0.2) is 6.61 Å². The van der Waals surface area contributed by atoms with E-state index in [0.29, 0.717) is 31.7 Å². The predicted octanol–water partition coefficient (Wildman–Crippen LogP) is 4.33. The van der Waals surface area contributed by atoms with Crippen LogP contribution in [0.1, 0.15) is 48.9 Å². The van der Waals surface area contributed by atoms with Gasteiger partial charge in [-0.05, 0) is 67.7 Å². The summed E-state index contributed by atoms with van der Waals surface area (Å²) in [5, 5.41) is 20.7. The number of para-hydroxylation sites is 1. The van der Waals surface area contributed by atoms with E-state index in [4.69, 9.17) is 4.74 Å². The van der Waals surface area contributed by atoms with Gasteiger partial charge in [-0.1, -0.05) is 92.7 Å². The summed E-state index contributed by atoms with van der Waals surface area (Å²) < 4.78 is 5.90. The molecule has 9 heteroatoms. The molecule has 3 unspecified atom stereocenters. The van der Waals surface area contributed by atoms with E-state index >= 15 is 0 Å². The van der Waals surface area contributed by atoms with Crippen molar-refractivity contribution in [1.29, 1.82) is 0 Å². The number of rotatable bonds is 15. The highest BCUT2D eigenvalue weighted by Crippen LogP contribution is 2.22. The fraction of sp³-hybridized carbons (Fsp3) is 0.432. The molecule has 3 aromatic rings. The van der Waals surface area contributed by atoms with Gasteiger partial charge in [-0.2, -0.15) is 0 Å². The van der Waals surface area contributed by atoms with Crippen LogP contribution in [-0.4, -0.2) is 71.8 Å². The molecule has 0 radical (unpaired) electrons. The van der Waals surface area contributed by atoms with Gasteiger partial charge in [0.25, 0.3) is 5.91 Å². The Morgan fingerprint density at radius 3 is 2.09 bits per heavy atom. The van der Waals surface area contributed by atoms with Crippen LogP contribution in [0.2, 0.25) is 0 Å². The molecule has 0 aromatic heterocycles. The summed E-state index contributed by atoms with van der Waals surface area (Å²) in [6.07, 6.45) is 0.831. The summed E-state index contributed by atoms with van der Waals surface area (Å²) >= 11 is 0.